The van der Waals surface area contributed by atoms with Gasteiger partial charge in [-0.1, -0.05) is 0 Å². The van der Waals surface area contributed by atoms with E-state index in [1.807, 2.05) is 0 Å². The van der Waals surface area contributed by atoms with Crippen molar-refractivity contribution in [1.29, 1.82) is 0 Å². The monoisotopic (exact) mass is 320 g/mol. The standard InChI is InChI=1S/C20H32O3/c1-23-20(22)18-8-6-16(7-9-18)14-2-4-15(5-3-14)17-10-12-19(21)13-11-17/h14-18H,2-13H2,1H3/t14-,15-,16-,18-. The summed E-state index contributed by atoms with van der Waals surface area (Å²) in [7, 11) is 1.51. The molecule has 0 bridgehead atoms. The summed E-state index contributed by atoms with van der Waals surface area (Å²) in [5.41, 5.74) is 0. The van der Waals surface area contributed by atoms with Crippen molar-refractivity contribution in [2.24, 2.45) is 29.6 Å². The number of carbonyl (C=O) groups excluding carboxylic acids is 2. The minimum Gasteiger partial charge on any atom is -0.469 e. The van der Waals surface area contributed by atoms with E-state index < -0.39 is 0 Å². The maximum atomic E-state index is 11.6. The smallest absolute Gasteiger partial charge is 0.308 e. The van der Waals surface area contributed by atoms with Gasteiger partial charge in [-0.25, -0.2) is 0 Å². The highest BCUT2D eigenvalue weighted by Crippen LogP contribution is 2.45. The van der Waals surface area contributed by atoms with Crippen LogP contribution < -0.4 is 0 Å². The van der Waals surface area contributed by atoms with Crippen LogP contribution in [0, 0.1) is 29.6 Å². The fourth-order valence-electron chi connectivity index (χ4n) is 5.51. The molecule has 0 radical (unpaired) electrons. The van der Waals surface area contributed by atoms with Crippen LogP contribution in [0.4, 0.5) is 0 Å². The molecule has 0 aromatic carbocycles. The summed E-state index contributed by atoms with van der Waals surface area (Å²) >= 11 is 0. The molecule has 0 aromatic rings. The summed E-state index contributed by atoms with van der Waals surface area (Å²) in [6.07, 6.45) is 14.0. The van der Waals surface area contributed by atoms with Crippen LogP contribution in [-0.2, 0) is 14.3 Å². The van der Waals surface area contributed by atoms with Gasteiger partial charge in [0, 0.05) is 12.8 Å². The molecule has 0 aliphatic heterocycles. The summed E-state index contributed by atoms with van der Waals surface area (Å²) in [6.45, 7) is 0. The lowest BCUT2D eigenvalue weighted by atomic mass is 9.65. The van der Waals surface area contributed by atoms with Crippen LogP contribution in [0.3, 0.4) is 0 Å². The van der Waals surface area contributed by atoms with Crippen molar-refractivity contribution < 1.29 is 14.3 Å². The molecule has 3 saturated carbocycles. The fourth-order valence-corrected chi connectivity index (χ4v) is 5.51. The van der Waals surface area contributed by atoms with Gasteiger partial charge >= 0.3 is 5.97 Å². The molecule has 3 aliphatic carbocycles. The van der Waals surface area contributed by atoms with Crippen LogP contribution in [0.1, 0.15) is 77.0 Å². The van der Waals surface area contributed by atoms with Crippen molar-refractivity contribution in [3.8, 4) is 0 Å². The van der Waals surface area contributed by atoms with Gasteiger partial charge in [-0.3, -0.25) is 9.59 Å². The molecule has 3 nitrogen and oxygen atoms in total. The highest BCUT2D eigenvalue weighted by Gasteiger charge is 2.35. The number of rotatable bonds is 3. The summed E-state index contributed by atoms with van der Waals surface area (Å²) in [5, 5.41) is 0. The molecule has 0 N–H and O–H groups in total. The lowest BCUT2D eigenvalue weighted by Crippen LogP contribution is -2.31. The third kappa shape index (κ3) is 4.16. The Morgan fingerprint density at radius 3 is 1.57 bits per heavy atom. The Balaban J connectivity index is 1.41. The summed E-state index contributed by atoms with van der Waals surface area (Å²) in [4.78, 5) is 23.1. The van der Waals surface area contributed by atoms with Gasteiger partial charge in [0.1, 0.15) is 5.78 Å². The first kappa shape index (κ1) is 17.0. The molecular weight excluding hydrogens is 288 g/mol. The van der Waals surface area contributed by atoms with E-state index in [1.165, 1.54) is 45.6 Å². The lowest BCUT2D eigenvalue weighted by Gasteiger charge is -2.40. The van der Waals surface area contributed by atoms with Gasteiger partial charge in [-0.05, 0) is 87.9 Å². The normalized spacial score (nSPS) is 36.7. The minimum atomic E-state index is -0.000922. The van der Waals surface area contributed by atoms with E-state index in [0.717, 1.165) is 62.2 Å². The van der Waals surface area contributed by atoms with Gasteiger partial charge in [0.2, 0.25) is 0 Å². The molecule has 0 spiro atoms. The second-order valence-electron chi connectivity index (χ2n) is 8.19. The van der Waals surface area contributed by atoms with E-state index >= 15 is 0 Å². The van der Waals surface area contributed by atoms with Crippen molar-refractivity contribution in [3.63, 3.8) is 0 Å². The van der Waals surface area contributed by atoms with E-state index in [0.29, 0.717) is 5.78 Å². The molecular formula is C20H32O3. The average molecular weight is 320 g/mol. The third-order valence-corrected chi connectivity index (χ3v) is 7.04. The number of ketones is 1. The fraction of sp³-hybridized carbons (Fsp3) is 0.900. The SMILES string of the molecule is COC(=O)[C@H]1CC[C@H]([C@H]2CC[C@H](C3CCC(=O)CC3)CC2)CC1. The highest BCUT2D eigenvalue weighted by molar-refractivity contribution is 5.79. The maximum Gasteiger partial charge on any atom is 0.308 e. The van der Waals surface area contributed by atoms with Crippen molar-refractivity contribution in [2.45, 2.75) is 77.0 Å². The van der Waals surface area contributed by atoms with Crippen LogP contribution >= 0.6 is 0 Å². The zero-order chi connectivity index (χ0) is 16.2. The number of Topliss-reactive ketones (excluding diaryl/α,β-unsaturated/α-hetero) is 1. The summed E-state index contributed by atoms with van der Waals surface area (Å²) in [5.74, 6) is 4.07. The Kier molecular flexibility index (Phi) is 5.76. The van der Waals surface area contributed by atoms with Crippen LogP contribution in [0.15, 0.2) is 0 Å². The first-order chi connectivity index (χ1) is 11.2. The van der Waals surface area contributed by atoms with Crippen LogP contribution in [0.2, 0.25) is 0 Å². The van der Waals surface area contributed by atoms with Gasteiger partial charge in [0.05, 0.1) is 13.0 Å². The van der Waals surface area contributed by atoms with E-state index in [1.54, 1.807) is 0 Å². The highest BCUT2D eigenvalue weighted by atomic mass is 16.5. The van der Waals surface area contributed by atoms with Crippen molar-refractivity contribution in [1.82, 2.24) is 0 Å². The quantitative estimate of drug-likeness (QED) is 0.717. The van der Waals surface area contributed by atoms with Gasteiger partial charge < -0.3 is 4.74 Å². The number of hydrogen-bond acceptors (Lipinski definition) is 3. The minimum absolute atomic E-state index is 0.000922. The van der Waals surface area contributed by atoms with Crippen molar-refractivity contribution in [3.05, 3.63) is 0 Å². The number of carbonyl (C=O) groups is 2. The molecule has 23 heavy (non-hydrogen) atoms. The van der Waals surface area contributed by atoms with Crippen molar-refractivity contribution >= 4 is 11.8 Å². The van der Waals surface area contributed by atoms with Gasteiger partial charge in [-0.2, -0.15) is 0 Å². The second kappa shape index (κ2) is 7.81. The summed E-state index contributed by atoms with van der Waals surface area (Å²) in [6, 6.07) is 0. The van der Waals surface area contributed by atoms with Gasteiger partial charge in [0.25, 0.3) is 0 Å². The Hall–Kier alpha value is -0.860. The van der Waals surface area contributed by atoms with E-state index in [2.05, 4.69) is 0 Å². The van der Waals surface area contributed by atoms with Crippen LogP contribution in [0.5, 0.6) is 0 Å². The van der Waals surface area contributed by atoms with Crippen LogP contribution in [0.25, 0.3) is 0 Å². The molecule has 3 heteroatoms. The van der Waals surface area contributed by atoms with Gasteiger partial charge in [-0.15, -0.1) is 0 Å². The molecule has 0 amide bonds. The Bertz CT molecular complexity index is 405. The topological polar surface area (TPSA) is 43.4 Å². The third-order valence-electron chi connectivity index (χ3n) is 7.04. The molecule has 3 aliphatic rings. The predicted molar refractivity (Wildman–Crippen MR) is 89.9 cm³/mol. The zero-order valence-corrected chi connectivity index (χ0v) is 14.6. The Morgan fingerprint density at radius 1 is 0.739 bits per heavy atom. The summed E-state index contributed by atoms with van der Waals surface area (Å²) < 4.78 is 4.90. The van der Waals surface area contributed by atoms with Gasteiger partial charge in [0.15, 0.2) is 0 Å². The maximum absolute atomic E-state index is 11.6. The Labute approximate surface area is 140 Å². The largest absolute Gasteiger partial charge is 0.469 e. The molecule has 0 saturated heterocycles. The molecule has 0 heterocycles. The molecule has 0 atom stereocenters. The number of esters is 1. The first-order valence-corrected chi connectivity index (χ1v) is 9.77. The van der Waals surface area contributed by atoms with E-state index in [-0.39, 0.29) is 11.9 Å². The van der Waals surface area contributed by atoms with Crippen LogP contribution in [-0.4, -0.2) is 18.9 Å². The average Bonchev–Trinajstić information content (AvgIpc) is 2.62. The van der Waals surface area contributed by atoms with E-state index in [4.69, 9.17) is 4.74 Å². The molecule has 0 aromatic heterocycles. The molecule has 0 unspecified atom stereocenters. The number of ether oxygens (including phenoxy) is 1. The molecule has 130 valence electrons. The predicted octanol–water partition coefficient (Wildman–Crippen LogP) is 4.53. The number of methoxy groups -OCH3 is 1. The lowest BCUT2D eigenvalue weighted by molar-refractivity contribution is -0.147. The van der Waals surface area contributed by atoms with Crippen molar-refractivity contribution in [2.75, 3.05) is 7.11 Å². The Morgan fingerprint density at radius 2 is 1.13 bits per heavy atom. The number of hydrogen-bond donors (Lipinski definition) is 0. The first-order valence-electron chi connectivity index (χ1n) is 9.77. The molecule has 3 rings (SSSR count). The van der Waals surface area contributed by atoms with E-state index in [9.17, 15) is 9.59 Å². The zero-order valence-electron chi connectivity index (χ0n) is 14.6. The molecule has 3 fully saturated rings. The second-order valence-corrected chi connectivity index (χ2v) is 8.19.